The lowest BCUT2D eigenvalue weighted by atomic mass is 10.1. The lowest BCUT2D eigenvalue weighted by molar-refractivity contribution is 0.110. The van der Waals surface area contributed by atoms with E-state index in [0.717, 1.165) is 43.8 Å². The molecule has 0 radical (unpaired) electrons. The summed E-state index contributed by atoms with van der Waals surface area (Å²) in [5.41, 5.74) is 7.57. The van der Waals surface area contributed by atoms with Crippen molar-refractivity contribution in [2.45, 2.75) is 38.8 Å². The molecule has 1 aromatic heterocycles. The van der Waals surface area contributed by atoms with Crippen LogP contribution in [0.3, 0.4) is 0 Å². The van der Waals surface area contributed by atoms with Gasteiger partial charge in [-0.3, -0.25) is 0 Å². The highest BCUT2D eigenvalue weighted by Crippen LogP contribution is 2.19. The molecule has 1 rings (SSSR count). The number of unbranched alkanes of at least 4 members (excludes halogenated alkanes) is 1. The van der Waals surface area contributed by atoms with E-state index in [-0.39, 0.29) is 6.10 Å². The summed E-state index contributed by atoms with van der Waals surface area (Å²) in [5, 5.41) is 8.39. The van der Waals surface area contributed by atoms with Crippen molar-refractivity contribution in [3.8, 4) is 0 Å². The molecular weight excluding hydrogens is 232 g/mol. The van der Waals surface area contributed by atoms with Crippen molar-refractivity contribution in [2.24, 2.45) is 5.73 Å². The summed E-state index contributed by atoms with van der Waals surface area (Å²) in [5.74, 6) is 0. The highest BCUT2D eigenvalue weighted by atomic mass is 16.5. The van der Waals surface area contributed by atoms with E-state index in [1.807, 2.05) is 11.6 Å². The van der Waals surface area contributed by atoms with E-state index in [2.05, 4.69) is 10.3 Å². The van der Waals surface area contributed by atoms with Crippen LogP contribution in [0, 0.1) is 0 Å². The largest absolute Gasteiger partial charge is 0.385 e. The van der Waals surface area contributed by atoms with Crippen LogP contribution in [0.2, 0.25) is 0 Å². The van der Waals surface area contributed by atoms with Gasteiger partial charge in [-0.05, 0) is 26.3 Å². The van der Waals surface area contributed by atoms with Gasteiger partial charge in [0.1, 0.15) is 0 Å². The van der Waals surface area contributed by atoms with Crippen LogP contribution in [0.5, 0.6) is 0 Å². The van der Waals surface area contributed by atoms with Gasteiger partial charge in [0, 0.05) is 33.8 Å². The minimum absolute atomic E-state index is 0.0102. The number of nitrogens with two attached hydrogens (primary N) is 1. The number of hydrogen-bond acceptors (Lipinski definition) is 5. The van der Waals surface area contributed by atoms with Crippen LogP contribution >= 0.6 is 0 Å². The molecule has 0 amide bonds. The lowest BCUT2D eigenvalue weighted by Gasteiger charge is -2.13. The Morgan fingerprint density at radius 3 is 2.72 bits per heavy atom. The first-order chi connectivity index (χ1) is 8.74. The summed E-state index contributed by atoms with van der Waals surface area (Å²) in [7, 11) is 3.41. The van der Waals surface area contributed by atoms with Gasteiger partial charge in [-0.2, -0.15) is 0 Å². The van der Waals surface area contributed by atoms with Gasteiger partial charge < -0.3 is 15.2 Å². The second-order valence-electron chi connectivity index (χ2n) is 4.26. The van der Waals surface area contributed by atoms with Gasteiger partial charge in [0.15, 0.2) is 0 Å². The summed E-state index contributed by atoms with van der Waals surface area (Å²) in [6.45, 7) is 4.19. The average molecular weight is 256 g/mol. The van der Waals surface area contributed by atoms with E-state index < -0.39 is 0 Å². The first kappa shape index (κ1) is 15.1. The quantitative estimate of drug-likeness (QED) is 0.665. The van der Waals surface area contributed by atoms with E-state index in [9.17, 15) is 0 Å². The summed E-state index contributed by atoms with van der Waals surface area (Å²) in [4.78, 5) is 0. The minimum Gasteiger partial charge on any atom is -0.385 e. The maximum atomic E-state index is 5.59. The molecule has 18 heavy (non-hydrogen) atoms. The van der Waals surface area contributed by atoms with Gasteiger partial charge in [0.2, 0.25) is 0 Å². The Kier molecular flexibility index (Phi) is 6.85. The highest BCUT2D eigenvalue weighted by Gasteiger charge is 2.17. The first-order valence-electron chi connectivity index (χ1n) is 6.38. The Hall–Kier alpha value is -0.980. The van der Waals surface area contributed by atoms with Crippen molar-refractivity contribution < 1.29 is 9.47 Å². The van der Waals surface area contributed by atoms with Crippen molar-refractivity contribution in [3.63, 3.8) is 0 Å². The number of aryl methyl sites for hydroxylation is 1. The third-order valence-corrected chi connectivity index (χ3v) is 2.94. The monoisotopic (exact) mass is 256 g/mol. The fourth-order valence-corrected chi connectivity index (χ4v) is 1.90. The number of ether oxygens (including phenoxy) is 2. The molecule has 1 unspecified atom stereocenters. The van der Waals surface area contributed by atoms with Crippen molar-refractivity contribution in [1.82, 2.24) is 15.0 Å². The fourth-order valence-electron chi connectivity index (χ4n) is 1.90. The van der Waals surface area contributed by atoms with Crippen LogP contribution in [0.1, 0.15) is 37.3 Å². The Morgan fingerprint density at radius 1 is 1.33 bits per heavy atom. The molecule has 1 heterocycles. The molecule has 6 heteroatoms. The molecule has 104 valence electrons. The van der Waals surface area contributed by atoms with Crippen LogP contribution in [0.25, 0.3) is 0 Å². The molecule has 0 aliphatic heterocycles. The van der Waals surface area contributed by atoms with Gasteiger partial charge in [-0.15, -0.1) is 5.10 Å². The maximum Gasteiger partial charge on any atom is 0.0978 e. The second kappa shape index (κ2) is 8.18. The molecule has 2 N–H and O–H groups in total. The minimum atomic E-state index is -0.0102. The number of hydrogen-bond donors (Lipinski definition) is 1. The van der Waals surface area contributed by atoms with E-state index in [1.165, 1.54) is 0 Å². The lowest BCUT2D eigenvalue weighted by Crippen LogP contribution is -2.13. The van der Waals surface area contributed by atoms with Gasteiger partial charge in [-0.1, -0.05) is 5.21 Å². The van der Waals surface area contributed by atoms with Crippen LogP contribution in [-0.4, -0.2) is 42.4 Å². The molecular formula is C12H24N4O2. The summed E-state index contributed by atoms with van der Waals surface area (Å²) >= 11 is 0. The predicted octanol–water partition coefficient (Wildman–Crippen LogP) is 0.913. The number of methoxy groups -OCH3 is 2. The standard InChI is InChI=1S/C12H24N4O2/c1-10(18-3)12-11(6-7-13)14-15-16(12)8-4-5-9-17-2/h10H,4-9,13H2,1-3H3. The van der Waals surface area contributed by atoms with Crippen molar-refractivity contribution in [1.29, 1.82) is 0 Å². The van der Waals surface area contributed by atoms with Gasteiger partial charge in [0.05, 0.1) is 17.5 Å². The smallest absolute Gasteiger partial charge is 0.0978 e. The van der Waals surface area contributed by atoms with Crippen LogP contribution < -0.4 is 5.73 Å². The molecule has 0 bridgehead atoms. The number of rotatable bonds is 9. The van der Waals surface area contributed by atoms with Gasteiger partial charge >= 0.3 is 0 Å². The zero-order valence-corrected chi connectivity index (χ0v) is 11.6. The Labute approximate surface area is 108 Å². The molecule has 0 saturated carbocycles. The molecule has 6 nitrogen and oxygen atoms in total. The Morgan fingerprint density at radius 2 is 2.11 bits per heavy atom. The summed E-state index contributed by atoms with van der Waals surface area (Å²) in [6, 6.07) is 0. The third-order valence-electron chi connectivity index (χ3n) is 2.94. The van der Waals surface area contributed by atoms with Crippen molar-refractivity contribution >= 4 is 0 Å². The molecule has 0 aliphatic rings. The molecule has 1 aromatic rings. The van der Waals surface area contributed by atoms with Crippen LogP contribution in [-0.2, 0) is 22.4 Å². The van der Waals surface area contributed by atoms with Crippen LogP contribution in [0.4, 0.5) is 0 Å². The SMILES string of the molecule is COCCCCn1nnc(CCN)c1C(C)OC. The topological polar surface area (TPSA) is 75.2 Å². The average Bonchev–Trinajstić information content (AvgIpc) is 2.77. The van der Waals surface area contributed by atoms with Gasteiger partial charge in [-0.25, -0.2) is 4.68 Å². The highest BCUT2D eigenvalue weighted by molar-refractivity contribution is 5.13. The summed E-state index contributed by atoms with van der Waals surface area (Å²) < 4.78 is 12.3. The Bertz CT molecular complexity index is 341. The van der Waals surface area contributed by atoms with Crippen molar-refractivity contribution in [3.05, 3.63) is 11.4 Å². The van der Waals surface area contributed by atoms with Crippen molar-refractivity contribution in [2.75, 3.05) is 27.4 Å². The molecule has 0 saturated heterocycles. The Balaban J connectivity index is 2.70. The third kappa shape index (κ3) is 4.04. The summed E-state index contributed by atoms with van der Waals surface area (Å²) in [6.07, 6.45) is 2.76. The van der Waals surface area contributed by atoms with Gasteiger partial charge in [0.25, 0.3) is 0 Å². The molecule has 0 fully saturated rings. The van der Waals surface area contributed by atoms with Crippen LogP contribution in [0.15, 0.2) is 0 Å². The first-order valence-corrected chi connectivity index (χ1v) is 6.38. The van der Waals surface area contributed by atoms with E-state index in [4.69, 9.17) is 15.2 Å². The molecule has 1 atom stereocenters. The predicted molar refractivity (Wildman–Crippen MR) is 69.3 cm³/mol. The number of aromatic nitrogens is 3. The fraction of sp³-hybridized carbons (Fsp3) is 0.833. The van der Waals surface area contributed by atoms with E-state index in [1.54, 1.807) is 14.2 Å². The molecule has 0 aromatic carbocycles. The zero-order valence-electron chi connectivity index (χ0n) is 11.6. The number of nitrogens with zero attached hydrogens (tertiary/aromatic N) is 3. The van der Waals surface area contributed by atoms with E-state index >= 15 is 0 Å². The van der Waals surface area contributed by atoms with E-state index in [0.29, 0.717) is 6.54 Å². The maximum absolute atomic E-state index is 5.59. The molecule has 0 spiro atoms. The zero-order chi connectivity index (χ0) is 13.4. The molecule has 0 aliphatic carbocycles. The normalized spacial score (nSPS) is 12.9. The second-order valence-corrected chi connectivity index (χ2v) is 4.26.